The third kappa shape index (κ3) is 3.23. The first-order chi connectivity index (χ1) is 12.9. The van der Waals surface area contributed by atoms with Crippen LogP contribution in [0.5, 0.6) is 0 Å². The van der Waals surface area contributed by atoms with Crippen LogP contribution in [0.4, 0.5) is 4.39 Å². The predicted octanol–water partition coefficient (Wildman–Crippen LogP) is 6.32. The second-order valence-corrected chi connectivity index (χ2v) is 8.12. The molecular weight excluding hydrogens is 337 g/mol. The Labute approximate surface area is 159 Å². The molecular formula is C24H24FNO. The van der Waals surface area contributed by atoms with Crippen molar-refractivity contribution in [3.63, 3.8) is 0 Å². The van der Waals surface area contributed by atoms with Gasteiger partial charge in [-0.25, -0.2) is 9.38 Å². The highest BCUT2D eigenvalue weighted by atomic mass is 19.1. The van der Waals surface area contributed by atoms with E-state index in [0.717, 1.165) is 22.1 Å². The van der Waals surface area contributed by atoms with Crippen LogP contribution >= 0.6 is 0 Å². The first-order valence-corrected chi connectivity index (χ1v) is 9.40. The number of benzene rings is 3. The molecule has 0 aromatic heterocycles. The van der Waals surface area contributed by atoms with Crippen LogP contribution in [0.1, 0.15) is 44.7 Å². The van der Waals surface area contributed by atoms with Gasteiger partial charge in [0, 0.05) is 11.1 Å². The van der Waals surface area contributed by atoms with Crippen molar-refractivity contribution in [2.24, 2.45) is 4.99 Å². The molecule has 138 valence electrons. The van der Waals surface area contributed by atoms with E-state index in [4.69, 9.17) is 9.73 Å². The fourth-order valence-corrected chi connectivity index (χ4v) is 3.68. The molecule has 3 aromatic rings. The number of nitrogens with zero attached hydrogens (tertiary/aromatic N) is 1. The minimum atomic E-state index is -0.241. The molecule has 0 unspecified atom stereocenters. The van der Waals surface area contributed by atoms with Crippen LogP contribution in [0.15, 0.2) is 59.6 Å². The normalized spacial score (nSPS) is 15.9. The summed E-state index contributed by atoms with van der Waals surface area (Å²) >= 11 is 0. The topological polar surface area (TPSA) is 21.6 Å². The van der Waals surface area contributed by atoms with Crippen molar-refractivity contribution in [1.29, 1.82) is 0 Å². The summed E-state index contributed by atoms with van der Waals surface area (Å²) in [5, 5.41) is 2.29. The van der Waals surface area contributed by atoms with E-state index >= 15 is 0 Å². The van der Waals surface area contributed by atoms with Crippen molar-refractivity contribution in [3.05, 3.63) is 71.5 Å². The second-order valence-electron chi connectivity index (χ2n) is 8.12. The Bertz CT molecular complexity index is 1030. The van der Waals surface area contributed by atoms with Crippen LogP contribution in [0.3, 0.4) is 0 Å². The molecule has 4 rings (SSSR count). The van der Waals surface area contributed by atoms with E-state index in [1.54, 1.807) is 0 Å². The van der Waals surface area contributed by atoms with Crippen LogP contribution in [-0.4, -0.2) is 18.0 Å². The van der Waals surface area contributed by atoms with Crippen LogP contribution < -0.4 is 0 Å². The highest BCUT2D eigenvalue weighted by Gasteiger charge is 2.31. The lowest BCUT2D eigenvalue weighted by Gasteiger charge is -2.20. The van der Waals surface area contributed by atoms with E-state index < -0.39 is 0 Å². The first-order valence-electron chi connectivity index (χ1n) is 9.40. The second kappa shape index (κ2) is 6.49. The van der Waals surface area contributed by atoms with E-state index in [0.29, 0.717) is 18.4 Å². The number of hydrogen-bond acceptors (Lipinski definition) is 2. The third-order valence-corrected chi connectivity index (χ3v) is 5.01. The van der Waals surface area contributed by atoms with Crippen molar-refractivity contribution in [2.75, 3.05) is 6.61 Å². The van der Waals surface area contributed by atoms with Crippen molar-refractivity contribution < 1.29 is 9.13 Å². The Morgan fingerprint density at radius 1 is 1.00 bits per heavy atom. The highest BCUT2D eigenvalue weighted by molar-refractivity contribution is 6.11. The molecule has 0 atom stereocenters. The van der Waals surface area contributed by atoms with Gasteiger partial charge in [0.15, 0.2) is 0 Å². The van der Waals surface area contributed by atoms with Crippen LogP contribution in [0.2, 0.25) is 0 Å². The average Bonchev–Trinajstić information content (AvgIpc) is 3.00. The molecule has 1 aliphatic heterocycles. The number of rotatable bonds is 3. The van der Waals surface area contributed by atoms with Crippen molar-refractivity contribution >= 4 is 16.7 Å². The fraction of sp³-hybridized carbons (Fsp3) is 0.292. The van der Waals surface area contributed by atoms with Gasteiger partial charge in [-0.1, -0.05) is 56.3 Å². The molecule has 0 fully saturated rings. The van der Waals surface area contributed by atoms with Gasteiger partial charge in [-0.2, -0.15) is 0 Å². The van der Waals surface area contributed by atoms with Gasteiger partial charge < -0.3 is 4.74 Å². The van der Waals surface area contributed by atoms with Crippen molar-refractivity contribution in [3.8, 4) is 11.1 Å². The first kappa shape index (κ1) is 17.7. The molecule has 0 radical (unpaired) electrons. The molecule has 0 aliphatic carbocycles. The minimum Gasteiger partial charge on any atom is -0.475 e. The Morgan fingerprint density at radius 2 is 1.70 bits per heavy atom. The van der Waals surface area contributed by atoms with Gasteiger partial charge in [0.25, 0.3) is 0 Å². The van der Waals surface area contributed by atoms with Gasteiger partial charge in [-0.05, 0) is 53.8 Å². The molecule has 0 saturated carbocycles. The number of aliphatic imine (C=N–C) groups is 1. The molecule has 3 heteroatoms. The van der Waals surface area contributed by atoms with Crippen LogP contribution in [0, 0.1) is 5.82 Å². The molecule has 3 aromatic carbocycles. The summed E-state index contributed by atoms with van der Waals surface area (Å²) in [7, 11) is 0. The Kier molecular flexibility index (Phi) is 4.26. The number of fused-ring (bicyclic) bond motifs is 1. The zero-order valence-corrected chi connectivity index (χ0v) is 16.2. The lowest BCUT2D eigenvalue weighted by atomic mass is 9.85. The highest BCUT2D eigenvalue weighted by Crippen LogP contribution is 2.39. The van der Waals surface area contributed by atoms with Gasteiger partial charge in [0.05, 0.1) is 5.54 Å². The van der Waals surface area contributed by atoms with E-state index in [9.17, 15) is 4.39 Å². The average molecular weight is 361 g/mol. The number of hydrogen-bond donors (Lipinski definition) is 0. The Hall–Kier alpha value is -2.68. The maximum Gasteiger partial charge on any atom is 0.217 e. The molecule has 0 amide bonds. The number of ether oxygens (including phenoxy) is 1. The zero-order chi connectivity index (χ0) is 19.2. The lowest BCUT2D eigenvalue weighted by Crippen LogP contribution is -2.17. The zero-order valence-electron chi connectivity index (χ0n) is 16.2. The summed E-state index contributed by atoms with van der Waals surface area (Å²) in [4.78, 5) is 4.86. The maximum absolute atomic E-state index is 13.6. The summed E-state index contributed by atoms with van der Waals surface area (Å²) < 4.78 is 19.6. The monoisotopic (exact) mass is 361 g/mol. The molecule has 27 heavy (non-hydrogen) atoms. The minimum absolute atomic E-state index is 0.236. The Balaban J connectivity index is 2.11. The van der Waals surface area contributed by atoms with E-state index in [-0.39, 0.29) is 11.4 Å². The SMILES string of the molecule is CC(C)c1cc2ccccc2c(-c2ccc(F)cc2)c1C1=NC(C)(C)CO1. The summed E-state index contributed by atoms with van der Waals surface area (Å²) in [6, 6.07) is 17.3. The molecule has 0 spiro atoms. The third-order valence-electron chi connectivity index (χ3n) is 5.01. The number of halogens is 1. The molecule has 1 heterocycles. The molecule has 0 N–H and O–H groups in total. The predicted molar refractivity (Wildman–Crippen MR) is 110 cm³/mol. The fourth-order valence-electron chi connectivity index (χ4n) is 3.68. The van der Waals surface area contributed by atoms with E-state index in [1.807, 2.05) is 24.3 Å². The summed E-state index contributed by atoms with van der Waals surface area (Å²) in [6.45, 7) is 9.09. The smallest absolute Gasteiger partial charge is 0.217 e. The standard InChI is InChI=1S/C24H24FNO/c1-15(2)20-13-17-7-5-6-8-19(17)21(16-9-11-18(25)12-10-16)22(20)23-26-24(3,4)14-27-23/h5-13,15H,14H2,1-4H3. The van der Waals surface area contributed by atoms with Gasteiger partial charge in [-0.15, -0.1) is 0 Å². The molecule has 2 nitrogen and oxygen atoms in total. The summed E-state index contributed by atoms with van der Waals surface area (Å²) in [6.07, 6.45) is 0. The molecule has 1 aliphatic rings. The van der Waals surface area contributed by atoms with Gasteiger partial charge in [0.2, 0.25) is 5.90 Å². The van der Waals surface area contributed by atoms with Crippen LogP contribution in [-0.2, 0) is 4.74 Å². The molecule has 0 saturated heterocycles. The maximum atomic E-state index is 13.6. The molecule has 0 bridgehead atoms. The Morgan fingerprint density at radius 3 is 2.33 bits per heavy atom. The van der Waals surface area contributed by atoms with E-state index in [2.05, 4.69) is 45.9 Å². The van der Waals surface area contributed by atoms with E-state index in [1.165, 1.54) is 23.1 Å². The van der Waals surface area contributed by atoms with Crippen molar-refractivity contribution in [2.45, 2.75) is 39.2 Å². The largest absolute Gasteiger partial charge is 0.475 e. The van der Waals surface area contributed by atoms with Gasteiger partial charge >= 0.3 is 0 Å². The summed E-state index contributed by atoms with van der Waals surface area (Å²) in [5.74, 6) is 0.757. The summed E-state index contributed by atoms with van der Waals surface area (Å²) in [5.41, 5.74) is 4.02. The quantitative estimate of drug-likeness (QED) is 0.534. The van der Waals surface area contributed by atoms with Gasteiger partial charge in [0.1, 0.15) is 12.4 Å². The van der Waals surface area contributed by atoms with Gasteiger partial charge in [-0.3, -0.25) is 0 Å². The van der Waals surface area contributed by atoms with Crippen LogP contribution in [0.25, 0.3) is 21.9 Å². The van der Waals surface area contributed by atoms with Crippen molar-refractivity contribution in [1.82, 2.24) is 0 Å². The lowest BCUT2D eigenvalue weighted by molar-refractivity contribution is 0.279.